The predicted molar refractivity (Wildman–Crippen MR) is 70.5 cm³/mol. The molecule has 1 nitrogen and oxygen atoms in total. The van der Waals surface area contributed by atoms with Gasteiger partial charge >= 0.3 is 0 Å². The first-order chi connectivity index (χ1) is 6.70. The van der Waals surface area contributed by atoms with Gasteiger partial charge in [0.15, 0.2) is 0 Å². The Kier molecular flexibility index (Phi) is 5.72. The molecule has 14 heavy (non-hydrogen) atoms. The second kappa shape index (κ2) is 6.29. The summed E-state index contributed by atoms with van der Waals surface area (Å²) in [6, 6.07) is 0.678. The Balaban J connectivity index is 2.60. The summed E-state index contributed by atoms with van der Waals surface area (Å²) in [4.78, 5) is 0. The van der Waals surface area contributed by atoms with E-state index in [1.807, 2.05) is 0 Å². The van der Waals surface area contributed by atoms with Crippen LogP contribution in [0.4, 0.5) is 0 Å². The normalized spacial score (nSPS) is 30.6. The van der Waals surface area contributed by atoms with Crippen LogP contribution >= 0.6 is 23.5 Å². The van der Waals surface area contributed by atoms with Gasteiger partial charge in [-0.25, -0.2) is 0 Å². The van der Waals surface area contributed by atoms with Gasteiger partial charge in [0.25, 0.3) is 0 Å². The molecule has 0 spiro atoms. The van der Waals surface area contributed by atoms with Crippen molar-refractivity contribution < 1.29 is 0 Å². The fraction of sp³-hybridized carbons (Fsp3) is 1.00. The van der Waals surface area contributed by atoms with E-state index in [-0.39, 0.29) is 0 Å². The van der Waals surface area contributed by atoms with Crippen LogP contribution in [0.3, 0.4) is 0 Å². The number of hydrogen-bond donors (Lipinski definition) is 1. The van der Waals surface area contributed by atoms with Crippen LogP contribution in [-0.4, -0.2) is 35.1 Å². The van der Waals surface area contributed by atoms with Crippen LogP contribution in [0.15, 0.2) is 0 Å². The van der Waals surface area contributed by atoms with E-state index >= 15 is 0 Å². The largest absolute Gasteiger partial charge is 0.316 e. The van der Waals surface area contributed by atoms with Crippen molar-refractivity contribution in [2.24, 2.45) is 5.92 Å². The SMILES string of the molecule is CCC1SCCSC1C(NC)C(C)C. The second-order valence-electron chi connectivity index (χ2n) is 4.21. The molecular formula is C11H23NS2. The standard InChI is InChI=1S/C11H23NS2/c1-5-9-11(14-7-6-13-9)10(12-4)8(2)3/h8-12H,5-7H2,1-4H3. The van der Waals surface area contributed by atoms with Crippen molar-refractivity contribution in [2.45, 2.75) is 43.7 Å². The monoisotopic (exact) mass is 233 g/mol. The van der Waals surface area contributed by atoms with Gasteiger partial charge in [0.05, 0.1) is 0 Å². The first kappa shape index (κ1) is 12.7. The summed E-state index contributed by atoms with van der Waals surface area (Å²) in [6.07, 6.45) is 1.31. The van der Waals surface area contributed by atoms with Gasteiger partial charge in [-0.1, -0.05) is 20.8 Å². The maximum Gasteiger partial charge on any atom is 0.0322 e. The molecule has 0 saturated carbocycles. The van der Waals surface area contributed by atoms with Crippen LogP contribution in [-0.2, 0) is 0 Å². The molecule has 3 atom stereocenters. The lowest BCUT2D eigenvalue weighted by Gasteiger charge is -2.37. The molecule has 1 heterocycles. The van der Waals surface area contributed by atoms with E-state index in [2.05, 4.69) is 56.7 Å². The molecular weight excluding hydrogens is 210 g/mol. The molecule has 0 aliphatic carbocycles. The second-order valence-corrected chi connectivity index (χ2v) is 6.84. The van der Waals surface area contributed by atoms with E-state index in [4.69, 9.17) is 0 Å². The van der Waals surface area contributed by atoms with Gasteiger partial charge < -0.3 is 5.32 Å². The minimum absolute atomic E-state index is 0.678. The molecule has 0 aromatic rings. The average Bonchev–Trinajstić information content (AvgIpc) is 2.19. The van der Waals surface area contributed by atoms with Crippen LogP contribution in [0.25, 0.3) is 0 Å². The van der Waals surface area contributed by atoms with Crippen molar-refractivity contribution in [1.29, 1.82) is 0 Å². The van der Waals surface area contributed by atoms with E-state index in [9.17, 15) is 0 Å². The lowest BCUT2D eigenvalue weighted by molar-refractivity contribution is 0.405. The Bertz CT molecular complexity index is 161. The zero-order valence-corrected chi connectivity index (χ0v) is 11.4. The molecule has 1 fully saturated rings. The topological polar surface area (TPSA) is 12.0 Å². The van der Waals surface area contributed by atoms with Crippen LogP contribution in [0.1, 0.15) is 27.2 Å². The molecule has 3 unspecified atom stereocenters. The van der Waals surface area contributed by atoms with Crippen LogP contribution < -0.4 is 5.32 Å². The van der Waals surface area contributed by atoms with Gasteiger partial charge in [0, 0.05) is 28.0 Å². The van der Waals surface area contributed by atoms with E-state index in [0.29, 0.717) is 6.04 Å². The molecule has 0 aromatic heterocycles. The molecule has 1 aliphatic rings. The zero-order valence-electron chi connectivity index (χ0n) is 9.75. The highest BCUT2D eigenvalue weighted by Gasteiger charge is 2.32. The summed E-state index contributed by atoms with van der Waals surface area (Å²) in [7, 11) is 2.11. The molecule has 0 aromatic carbocycles. The maximum atomic E-state index is 3.50. The molecule has 0 bridgehead atoms. The minimum Gasteiger partial charge on any atom is -0.316 e. The molecule has 1 saturated heterocycles. The third kappa shape index (κ3) is 3.07. The van der Waals surface area contributed by atoms with Crippen molar-refractivity contribution in [1.82, 2.24) is 5.32 Å². The third-order valence-electron chi connectivity index (χ3n) is 2.90. The van der Waals surface area contributed by atoms with Gasteiger partial charge in [-0.05, 0) is 19.4 Å². The van der Waals surface area contributed by atoms with Crippen molar-refractivity contribution >= 4 is 23.5 Å². The highest BCUT2D eigenvalue weighted by atomic mass is 32.2. The average molecular weight is 233 g/mol. The number of hydrogen-bond acceptors (Lipinski definition) is 3. The Morgan fingerprint density at radius 3 is 2.43 bits per heavy atom. The van der Waals surface area contributed by atoms with Gasteiger partial charge in [0.1, 0.15) is 0 Å². The highest BCUT2D eigenvalue weighted by molar-refractivity contribution is 8.07. The lowest BCUT2D eigenvalue weighted by Crippen LogP contribution is -2.46. The summed E-state index contributed by atoms with van der Waals surface area (Å²) in [5.74, 6) is 3.41. The first-order valence-electron chi connectivity index (χ1n) is 5.61. The summed E-state index contributed by atoms with van der Waals surface area (Å²) in [6.45, 7) is 6.98. The quantitative estimate of drug-likeness (QED) is 0.802. The van der Waals surface area contributed by atoms with Gasteiger partial charge in [-0.2, -0.15) is 23.5 Å². The Labute approximate surface area is 97.2 Å². The summed E-state index contributed by atoms with van der Waals surface area (Å²) >= 11 is 4.35. The van der Waals surface area contributed by atoms with Gasteiger partial charge in [-0.15, -0.1) is 0 Å². The highest BCUT2D eigenvalue weighted by Crippen LogP contribution is 2.36. The van der Waals surface area contributed by atoms with E-state index in [1.54, 1.807) is 0 Å². The van der Waals surface area contributed by atoms with E-state index in [1.165, 1.54) is 17.9 Å². The van der Waals surface area contributed by atoms with E-state index < -0.39 is 0 Å². The number of thioether (sulfide) groups is 2. The molecule has 0 amide bonds. The first-order valence-corrected chi connectivity index (χ1v) is 7.70. The van der Waals surface area contributed by atoms with Gasteiger partial charge in [0.2, 0.25) is 0 Å². The van der Waals surface area contributed by atoms with Gasteiger partial charge in [-0.3, -0.25) is 0 Å². The molecule has 0 radical (unpaired) electrons. The van der Waals surface area contributed by atoms with Crippen LogP contribution in [0, 0.1) is 5.92 Å². The van der Waals surface area contributed by atoms with Crippen LogP contribution in [0.2, 0.25) is 0 Å². The zero-order chi connectivity index (χ0) is 10.6. The smallest absolute Gasteiger partial charge is 0.0322 e. The summed E-state index contributed by atoms with van der Waals surface area (Å²) in [5.41, 5.74) is 0. The molecule has 1 rings (SSSR count). The van der Waals surface area contributed by atoms with Crippen molar-refractivity contribution in [3.05, 3.63) is 0 Å². The van der Waals surface area contributed by atoms with Crippen molar-refractivity contribution in [3.63, 3.8) is 0 Å². The third-order valence-corrected chi connectivity index (χ3v) is 6.27. The van der Waals surface area contributed by atoms with E-state index in [0.717, 1.165) is 16.4 Å². The molecule has 3 heteroatoms. The number of rotatable bonds is 4. The fourth-order valence-corrected chi connectivity index (χ4v) is 5.62. The molecule has 84 valence electrons. The minimum atomic E-state index is 0.678. The Morgan fingerprint density at radius 2 is 1.93 bits per heavy atom. The number of nitrogens with one attached hydrogen (secondary N) is 1. The fourth-order valence-electron chi connectivity index (χ4n) is 2.15. The summed E-state index contributed by atoms with van der Waals surface area (Å²) in [5, 5.41) is 5.17. The Hall–Kier alpha value is 0.660. The van der Waals surface area contributed by atoms with Crippen molar-refractivity contribution in [3.8, 4) is 0 Å². The van der Waals surface area contributed by atoms with Crippen molar-refractivity contribution in [2.75, 3.05) is 18.6 Å². The Morgan fingerprint density at radius 1 is 1.29 bits per heavy atom. The molecule has 1 aliphatic heterocycles. The lowest BCUT2D eigenvalue weighted by atomic mass is 9.98. The van der Waals surface area contributed by atoms with Crippen LogP contribution in [0.5, 0.6) is 0 Å². The maximum absolute atomic E-state index is 3.50. The predicted octanol–water partition coefficient (Wildman–Crippen LogP) is 2.86. The summed E-state index contributed by atoms with van der Waals surface area (Å²) < 4.78 is 0. The molecule has 1 N–H and O–H groups in total.